The van der Waals surface area contributed by atoms with Crippen LogP contribution in [0.2, 0.25) is 0 Å². The number of benzene rings is 2. The molecule has 0 bridgehead atoms. The topological polar surface area (TPSA) is 54.3 Å². The fourth-order valence-corrected chi connectivity index (χ4v) is 3.32. The third-order valence-corrected chi connectivity index (χ3v) is 4.59. The van der Waals surface area contributed by atoms with Gasteiger partial charge in [0.25, 0.3) is 5.56 Å². The van der Waals surface area contributed by atoms with E-state index in [1.807, 2.05) is 63.5 Å². The monoisotopic (exact) mass is 351 g/mol. The zero-order valence-electron chi connectivity index (χ0n) is 15.6. The van der Waals surface area contributed by atoms with Crippen LogP contribution in [0.5, 0.6) is 0 Å². The molecule has 0 atom stereocenters. The second kappa shape index (κ2) is 7.70. The van der Waals surface area contributed by atoms with Gasteiger partial charge in [-0.15, -0.1) is 0 Å². The summed E-state index contributed by atoms with van der Waals surface area (Å²) in [6.45, 7) is 3.48. The number of fused-ring (bicyclic) bond motifs is 3. The molecule has 136 valence electrons. The molecule has 2 aromatic carbocycles. The summed E-state index contributed by atoms with van der Waals surface area (Å²) in [5, 5.41) is 5.53. The van der Waals surface area contributed by atoms with Crippen LogP contribution in [0.25, 0.3) is 21.7 Å². The van der Waals surface area contributed by atoms with Crippen molar-refractivity contribution in [1.82, 2.24) is 9.47 Å². The molecule has 0 radical (unpaired) electrons. The third-order valence-electron chi connectivity index (χ3n) is 4.59. The van der Waals surface area contributed by atoms with Crippen molar-refractivity contribution in [2.45, 2.75) is 26.3 Å². The van der Waals surface area contributed by atoms with Gasteiger partial charge in [0.05, 0.1) is 5.52 Å². The molecular formula is C21H25N3O2. The number of nitrogens with one attached hydrogen (secondary N) is 1. The first-order valence-corrected chi connectivity index (χ1v) is 9.01. The van der Waals surface area contributed by atoms with E-state index in [9.17, 15) is 9.59 Å². The Balaban J connectivity index is 1.97. The Hall–Kier alpha value is -2.66. The lowest BCUT2D eigenvalue weighted by atomic mass is 10.0. The summed E-state index contributed by atoms with van der Waals surface area (Å²) in [5.41, 5.74) is 1.65. The molecule has 5 nitrogen and oxygen atoms in total. The minimum Gasteiger partial charge on any atom is -0.326 e. The Morgan fingerprint density at radius 3 is 2.58 bits per heavy atom. The van der Waals surface area contributed by atoms with Crippen LogP contribution in [0.4, 0.5) is 5.69 Å². The van der Waals surface area contributed by atoms with E-state index in [4.69, 9.17) is 0 Å². The van der Waals surface area contributed by atoms with Gasteiger partial charge in [-0.05, 0) is 63.6 Å². The molecule has 1 heterocycles. The van der Waals surface area contributed by atoms with Crippen molar-refractivity contribution in [3.63, 3.8) is 0 Å². The van der Waals surface area contributed by atoms with Crippen LogP contribution < -0.4 is 10.9 Å². The van der Waals surface area contributed by atoms with Gasteiger partial charge < -0.3 is 14.8 Å². The summed E-state index contributed by atoms with van der Waals surface area (Å²) in [5.74, 6) is -0.00240. The van der Waals surface area contributed by atoms with Crippen molar-refractivity contribution < 1.29 is 4.79 Å². The maximum atomic E-state index is 12.8. The van der Waals surface area contributed by atoms with Crippen molar-refractivity contribution in [1.29, 1.82) is 0 Å². The predicted octanol–water partition coefficient (Wildman–Crippen LogP) is 3.45. The Morgan fingerprint density at radius 2 is 1.85 bits per heavy atom. The fraction of sp³-hybridized carbons (Fsp3) is 0.333. The van der Waals surface area contributed by atoms with Gasteiger partial charge in [0, 0.05) is 29.4 Å². The fourth-order valence-electron chi connectivity index (χ4n) is 3.32. The number of para-hydroxylation sites is 1. The van der Waals surface area contributed by atoms with Gasteiger partial charge >= 0.3 is 0 Å². The molecule has 3 rings (SSSR count). The van der Waals surface area contributed by atoms with Crippen LogP contribution in [-0.4, -0.2) is 36.0 Å². The Bertz CT molecular complexity index is 1010. The highest BCUT2D eigenvalue weighted by molar-refractivity contribution is 6.07. The van der Waals surface area contributed by atoms with Gasteiger partial charge in [-0.3, -0.25) is 9.59 Å². The molecule has 3 aromatic rings. The second-order valence-electron chi connectivity index (χ2n) is 6.78. The maximum absolute atomic E-state index is 12.8. The van der Waals surface area contributed by atoms with Crippen LogP contribution in [0.15, 0.2) is 47.3 Å². The lowest BCUT2D eigenvalue weighted by Crippen LogP contribution is -2.20. The molecule has 0 saturated carbocycles. The molecule has 0 spiro atoms. The normalized spacial score (nSPS) is 11.4. The van der Waals surface area contributed by atoms with E-state index in [-0.39, 0.29) is 11.5 Å². The average molecular weight is 351 g/mol. The molecule has 1 amide bonds. The number of hydrogen-bond donors (Lipinski definition) is 1. The van der Waals surface area contributed by atoms with Crippen LogP contribution in [0, 0.1) is 0 Å². The molecule has 0 unspecified atom stereocenters. The van der Waals surface area contributed by atoms with Crippen LogP contribution in [0.3, 0.4) is 0 Å². The Morgan fingerprint density at radius 1 is 1.08 bits per heavy atom. The molecule has 0 aliphatic heterocycles. The standard InChI is InChI=1S/C21H25N3O2/c1-4-24-19-9-6-5-8-16(19)18-14-15(11-12-17(18)21(24)26)22-20(25)10-7-13-23(2)3/h5-6,8-9,11-12,14H,4,7,10,13H2,1-3H3,(H,22,25). The maximum Gasteiger partial charge on any atom is 0.258 e. The predicted molar refractivity (Wildman–Crippen MR) is 108 cm³/mol. The first kappa shape index (κ1) is 18.1. The summed E-state index contributed by atoms with van der Waals surface area (Å²) < 4.78 is 1.79. The molecule has 1 N–H and O–H groups in total. The van der Waals surface area contributed by atoms with Gasteiger partial charge in [-0.2, -0.15) is 0 Å². The third kappa shape index (κ3) is 3.63. The van der Waals surface area contributed by atoms with Crippen molar-refractivity contribution in [3.05, 3.63) is 52.8 Å². The van der Waals surface area contributed by atoms with Gasteiger partial charge in [0.1, 0.15) is 0 Å². The zero-order chi connectivity index (χ0) is 18.7. The van der Waals surface area contributed by atoms with Crippen molar-refractivity contribution in [2.75, 3.05) is 26.0 Å². The van der Waals surface area contributed by atoms with E-state index in [1.54, 1.807) is 4.57 Å². The van der Waals surface area contributed by atoms with Gasteiger partial charge in [0.2, 0.25) is 5.91 Å². The van der Waals surface area contributed by atoms with E-state index in [0.29, 0.717) is 18.4 Å². The molecule has 0 fully saturated rings. The van der Waals surface area contributed by atoms with E-state index < -0.39 is 0 Å². The largest absolute Gasteiger partial charge is 0.326 e. The summed E-state index contributed by atoms with van der Waals surface area (Å²) >= 11 is 0. The summed E-state index contributed by atoms with van der Waals surface area (Å²) in [6.07, 6.45) is 1.30. The summed E-state index contributed by atoms with van der Waals surface area (Å²) in [7, 11) is 3.99. The second-order valence-corrected chi connectivity index (χ2v) is 6.78. The summed E-state index contributed by atoms with van der Waals surface area (Å²) in [4.78, 5) is 27.0. The van der Waals surface area contributed by atoms with E-state index >= 15 is 0 Å². The Kier molecular flexibility index (Phi) is 5.38. The van der Waals surface area contributed by atoms with E-state index in [0.717, 1.165) is 34.9 Å². The quantitative estimate of drug-likeness (QED) is 0.692. The van der Waals surface area contributed by atoms with Crippen LogP contribution >= 0.6 is 0 Å². The molecule has 1 aromatic heterocycles. The number of carbonyl (C=O) groups is 1. The minimum atomic E-state index is -0.00240. The number of amides is 1. The lowest BCUT2D eigenvalue weighted by Gasteiger charge is -2.13. The van der Waals surface area contributed by atoms with Crippen molar-refractivity contribution in [3.8, 4) is 0 Å². The molecule has 26 heavy (non-hydrogen) atoms. The number of aryl methyl sites for hydroxylation is 1. The van der Waals surface area contributed by atoms with Crippen LogP contribution in [0.1, 0.15) is 19.8 Å². The number of aromatic nitrogens is 1. The Labute approximate surface area is 153 Å². The zero-order valence-corrected chi connectivity index (χ0v) is 15.6. The highest BCUT2D eigenvalue weighted by atomic mass is 16.1. The first-order chi connectivity index (χ1) is 12.5. The first-order valence-electron chi connectivity index (χ1n) is 9.01. The molecule has 0 aliphatic rings. The molecule has 0 aliphatic carbocycles. The number of hydrogen-bond acceptors (Lipinski definition) is 3. The SMILES string of the molecule is CCn1c(=O)c2ccc(NC(=O)CCCN(C)C)cc2c2ccccc21. The minimum absolute atomic E-state index is 0.00240. The average Bonchev–Trinajstić information content (AvgIpc) is 2.62. The van der Waals surface area contributed by atoms with Gasteiger partial charge in [-0.25, -0.2) is 0 Å². The molecular weight excluding hydrogens is 326 g/mol. The van der Waals surface area contributed by atoms with Crippen molar-refractivity contribution in [2.24, 2.45) is 0 Å². The highest BCUT2D eigenvalue weighted by Gasteiger charge is 2.11. The number of nitrogens with zero attached hydrogens (tertiary/aromatic N) is 2. The number of pyridine rings is 1. The van der Waals surface area contributed by atoms with Gasteiger partial charge in [-0.1, -0.05) is 18.2 Å². The number of rotatable bonds is 6. The summed E-state index contributed by atoms with van der Waals surface area (Å²) in [6, 6.07) is 13.4. The van der Waals surface area contributed by atoms with E-state index in [1.165, 1.54) is 0 Å². The smallest absolute Gasteiger partial charge is 0.258 e. The molecule has 0 saturated heterocycles. The highest BCUT2D eigenvalue weighted by Crippen LogP contribution is 2.25. The lowest BCUT2D eigenvalue weighted by molar-refractivity contribution is -0.116. The molecule has 5 heteroatoms. The van der Waals surface area contributed by atoms with Crippen LogP contribution in [-0.2, 0) is 11.3 Å². The van der Waals surface area contributed by atoms with E-state index in [2.05, 4.69) is 10.2 Å². The number of anilines is 1. The number of carbonyl (C=O) groups excluding carboxylic acids is 1. The van der Waals surface area contributed by atoms with Gasteiger partial charge in [0.15, 0.2) is 0 Å². The van der Waals surface area contributed by atoms with Crippen molar-refractivity contribution >= 4 is 33.3 Å².